The van der Waals surface area contributed by atoms with Crippen LogP contribution in [0.1, 0.15) is 29.9 Å². The molecule has 0 aliphatic heterocycles. The molecule has 3 heterocycles. The summed E-state index contributed by atoms with van der Waals surface area (Å²) in [6.07, 6.45) is 5.00. The van der Waals surface area contributed by atoms with Gasteiger partial charge in [0, 0.05) is 43.7 Å². The highest BCUT2D eigenvalue weighted by Crippen LogP contribution is 2.31. The van der Waals surface area contributed by atoms with Crippen molar-refractivity contribution in [2.45, 2.75) is 27.3 Å². The summed E-state index contributed by atoms with van der Waals surface area (Å²) in [4.78, 5) is 25.8. The number of hydrogen-bond acceptors (Lipinski definition) is 6. The summed E-state index contributed by atoms with van der Waals surface area (Å²) in [5.74, 6) is 0.343. The first-order chi connectivity index (χ1) is 13.5. The number of aromatic nitrogens is 4. The molecule has 3 aromatic rings. The van der Waals surface area contributed by atoms with Crippen LogP contribution in [0.2, 0.25) is 0 Å². The van der Waals surface area contributed by atoms with Crippen LogP contribution >= 0.6 is 11.3 Å². The lowest BCUT2D eigenvalue weighted by Crippen LogP contribution is -2.27. The van der Waals surface area contributed by atoms with Crippen LogP contribution in [0.5, 0.6) is 0 Å². The predicted octanol–water partition coefficient (Wildman–Crippen LogP) is 3.41. The fraction of sp³-hybridized carbons (Fsp3) is 0.400. The van der Waals surface area contributed by atoms with Crippen LogP contribution in [0.15, 0.2) is 30.0 Å². The van der Waals surface area contributed by atoms with Gasteiger partial charge in [-0.15, -0.1) is 11.3 Å². The van der Waals surface area contributed by atoms with Crippen molar-refractivity contribution in [2.75, 3.05) is 20.3 Å². The number of hydrogen-bond donors (Lipinski definition) is 1. The molecule has 0 bridgehead atoms. The highest BCUT2D eigenvalue weighted by Gasteiger charge is 2.21. The fourth-order valence-electron chi connectivity index (χ4n) is 2.97. The van der Waals surface area contributed by atoms with E-state index in [0.29, 0.717) is 24.6 Å². The van der Waals surface area contributed by atoms with Crippen molar-refractivity contribution in [2.24, 2.45) is 5.92 Å². The number of nitrogens with one attached hydrogen (secondary N) is 1. The van der Waals surface area contributed by atoms with Crippen molar-refractivity contribution in [1.29, 1.82) is 0 Å². The molecule has 0 atom stereocenters. The molecule has 1 N–H and O–H groups in total. The summed E-state index contributed by atoms with van der Waals surface area (Å²) >= 11 is 1.52. The molecule has 0 unspecified atom stereocenters. The molecule has 3 aromatic heterocycles. The van der Waals surface area contributed by atoms with E-state index in [1.54, 1.807) is 25.7 Å². The Kier molecular flexibility index (Phi) is 6.53. The van der Waals surface area contributed by atoms with Crippen LogP contribution in [0, 0.1) is 12.8 Å². The molecule has 0 aliphatic carbocycles. The van der Waals surface area contributed by atoms with Gasteiger partial charge in [0.1, 0.15) is 10.7 Å². The van der Waals surface area contributed by atoms with Crippen molar-refractivity contribution in [3.05, 3.63) is 41.3 Å². The van der Waals surface area contributed by atoms with Gasteiger partial charge in [0.15, 0.2) is 0 Å². The molecule has 0 radical (unpaired) electrons. The summed E-state index contributed by atoms with van der Waals surface area (Å²) in [7, 11) is 1.62. The Hall–Kier alpha value is -2.58. The first-order valence-electron chi connectivity index (χ1n) is 9.20. The quantitative estimate of drug-likeness (QED) is 0.587. The van der Waals surface area contributed by atoms with Gasteiger partial charge in [-0.1, -0.05) is 13.8 Å². The minimum atomic E-state index is -0.0947. The zero-order valence-corrected chi connectivity index (χ0v) is 17.4. The largest absolute Gasteiger partial charge is 0.383 e. The lowest BCUT2D eigenvalue weighted by atomic mass is 10.2. The normalized spacial score (nSPS) is 11.2. The summed E-state index contributed by atoms with van der Waals surface area (Å²) in [5.41, 5.74) is 4.13. The Balaban J connectivity index is 1.96. The van der Waals surface area contributed by atoms with E-state index in [9.17, 15) is 4.79 Å². The molecule has 0 aliphatic rings. The predicted molar refractivity (Wildman–Crippen MR) is 110 cm³/mol. The average molecular weight is 400 g/mol. The molecule has 7 nitrogen and oxygen atoms in total. The zero-order chi connectivity index (χ0) is 20.1. The van der Waals surface area contributed by atoms with Gasteiger partial charge in [-0.25, -0.2) is 4.98 Å². The summed E-state index contributed by atoms with van der Waals surface area (Å²) in [6.45, 7) is 8.07. The number of carbonyl (C=O) groups is 1. The van der Waals surface area contributed by atoms with Crippen LogP contribution in [-0.4, -0.2) is 45.7 Å². The minimum absolute atomic E-state index is 0.0947. The van der Waals surface area contributed by atoms with Crippen LogP contribution in [0.4, 0.5) is 0 Å². The Morgan fingerprint density at radius 3 is 2.82 bits per heavy atom. The highest BCUT2D eigenvalue weighted by molar-refractivity contribution is 7.13. The van der Waals surface area contributed by atoms with Gasteiger partial charge < -0.3 is 14.6 Å². The smallest absolute Gasteiger partial charge is 0.253 e. The number of amides is 1. The molecule has 3 rings (SSSR count). The molecule has 0 saturated carbocycles. The zero-order valence-electron chi connectivity index (χ0n) is 16.6. The van der Waals surface area contributed by atoms with E-state index in [2.05, 4.69) is 33.7 Å². The van der Waals surface area contributed by atoms with Crippen molar-refractivity contribution >= 4 is 17.2 Å². The van der Waals surface area contributed by atoms with Gasteiger partial charge >= 0.3 is 0 Å². The monoisotopic (exact) mass is 399 g/mol. The Morgan fingerprint density at radius 1 is 1.32 bits per heavy atom. The number of nitrogens with zero attached hydrogens (tertiary/aromatic N) is 4. The van der Waals surface area contributed by atoms with Crippen LogP contribution in [-0.2, 0) is 11.3 Å². The number of carbonyl (C=O) groups excluding carboxylic acids is 1. The van der Waals surface area contributed by atoms with Gasteiger partial charge in [0.25, 0.3) is 5.91 Å². The second kappa shape index (κ2) is 9.07. The molecule has 0 spiro atoms. The number of rotatable bonds is 8. The Labute approximate surface area is 168 Å². The van der Waals surface area contributed by atoms with E-state index in [4.69, 9.17) is 9.72 Å². The Morgan fingerprint density at radius 2 is 2.14 bits per heavy atom. The lowest BCUT2D eigenvalue weighted by Gasteiger charge is -2.13. The van der Waals surface area contributed by atoms with E-state index in [1.807, 2.05) is 18.4 Å². The van der Waals surface area contributed by atoms with Crippen molar-refractivity contribution in [1.82, 2.24) is 24.8 Å². The fourth-order valence-corrected chi connectivity index (χ4v) is 3.74. The molecule has 0 aromatic carbocycles. The van der Waals surface area contributed by atoms with Gasteiger partial charge in [0.05, 0.1) is 29.8 Å². The standard InChI is InChI=1S/C20H25N5O2S/c1-13(2)11-25-14(3)15(19(26)23-7-8-27-4)9-18(25)17-12-28-20(24-17)16-10-21-5-6-22-16/h5-6,9-10,12-13H,7-8,11H2,1-4H3,(H,23,26). The molecule has 28 heavy (non-hydrogen) atoms. The van der Waals surface area contributed by atoms with Crippen molar-refractivity contribution in [3.63, 3.8) is 0 Å². The number of methoxy groups -OCH3 is 1. The second-order valence-corrected chi connectivity index (χ2v) is 7.77. The maximum Gasteiger partial charge on any atom is 0.253 e. The maximum atomic E-state index is 12.6. The first kappa shape index (κ1) is 20.2. The maximum absolute atomic E-state index is 12.6. The van der Waals surface area contributed by atoms with Crippen LogP contribution in [0.3, 0.4) is 0 Å². The first-order valence-corrected chi connectivity index (χ1v) is 10.1. The molecular formula is C20H25N5O2S. The third-order valence-electron chi connectivity index (χ3n) is 4.30. The number of thiazole rings is 1. The minimum Gasteiger partial charge on any atom is -0.383 e. The van der Waals surface area contributed by atoms with E-state index < -0.39 is 0 Å². The number of ether oxygens (including phenoxy) is 1. The van der Waals surface area contributed by atoms with Gasteiger partial charge in [-0.3, -0.25) is 14.8 Å². The summed E-state index contributed by atoms with van der Waals surface area (Å²) in [6, 6.07) is 1.93. The topological polar surface area (TPSA) is 81.9 Å². The molecular weight excluding hydrogens is 374 g/mol. The van der Waals surface area contributed by atoms with Gasteiger partial charge in [0.2, 0.25) is 0 Å². The van der Waals surface area contributed by atoms with Crippen molar-refractivity contribution in [3.8, 4) is 22.1 Å². The van der Waals surface area contributed by atoms with Crippen molar-refractivity contribution < 1.29 is 9.53 Å². The average Bonchev–Trinajstić information content (AvgIpc) is 3.28. The van der Waals surface area contributed by atoms with Gasteiger partial charge in [-0.05, 0) is 18.9 Å². The molecule has 148 valence electrons. The highest BCUT2D eigenvalue weighted by atomic mass is 32.1. The van der Waals surface area contributed by atoms with Crippen LogP contribution in [0.25, 0.3) is 22.1 Å². The van der Waals surface area contributed by atoms with E-state index in [0.717, 1.165) is 34.3 Å². The molecule has 8 heteroatoms. The van der Waals surface area contributed by atoms with E-state index in [1.165, 1.54) is 11.3 Å². The van der Waals surface area contributed by atoms with Crippen LogP contribution < -0.4 is 5.32 Å². The summed E-state index contributed by atoms with van der Waals surface area (Å²) < 4.78 is 7.19. The molecule has 1 amide bonds. The van der Waals surface area contributed by atoms with E-state index in [-0.39, 0.29) is 5.91 Å². The Bertz CT molecular complexity index is 933. The van der Waals surface area contributed by atoms with E-state index >= 15 is 0 Å². The molecule has 0 fully saturated rings. The van der Waals surface area contributed by atoms with Gasteiger partial charge in [-0.2, -0.15) is 0 Å². The third kappa shape index (κ3) is 4.45. The third-order valence-corrected chi connectivity index (χ3v) is 5.16. The SMILES string of the molecule is COCCNC(=O)c1cc(-c2csc(-c3cnccn3)n2)n(CC(C)C)c1C. The lowest BCUT2D eigenvalue weighted by molar-refractivity contribution is 0.0936. The molecule has 0 saturated heterocycles. The summed E-state index contributed by atoms with van der Waals surface area (Å²) in [5, 5.41) is 5.72. The second-order valence-electron chi connectivity index (χ2n) is 6.91.